The topological polar surface area (TPSA) is 41.6 Å². The molecule has 1 aromatic heterocycles. The molecule has 0 spiro atoms. The predicted molar refractivity (Wildman–Crippen MR) is 82.8 cm³/mol. The molecule has 2 aromatic rings. The van der Waals surface area contributed by atoms with Crippen molar-refractivity contribution in [2.75, 3.05) is 0 Å². The zero-order chi connectivity index (χ0) is 14.7. The molecule has 2 rings (SSSR count). The first-order chi connectivity index (χ1) is 9.60. The highest BCUT2D eigenvalue weighted by molar-refractivity contribution is 6.16. The fraction of sp³-hybridized carbons (Fsp3) is 0.500. The second-order valence-electron chi connectivity index (χ2n) is 5.45. The first-order valence-corrected chi connectivity index (χ1v) is 7.61. The summed E-state index contributed by atoms with van der Waals surface area (Å²) in [7, 11) is 0. The molecule has 106 valence electrons. The average Bonchev–Trinajstić information content (AvgIpc) is 2.84. The highest BCUT2D eigenvalue weighted by Crippen LogP contribution is 2.27. The van der Waals surface area contributed by atoms with Crippen LogP contribution in [0.15, 0.2) is 18.2 Å². The minimum Gasteiger partial charge on any atom is -0.324 e. The number of benzene rings is 1. The summed E-state index contributed by atoms with van der Waals surface area (Å²) >= 11 is 6.04. The van der Waals surface area contributed by atoms with Crippen molar-refractivity contribution in [2.45, 2.75) is 45.5 Å². The van der Waals surface area contributed by atoms with Crippen molar-refractivity contribution < 1.29 is 0 Å². The van der Waals surface area contributed by atoms with E-state index in [0.29, 0.717) is 23.4 Å². The molecule has 4 heteroatoms. The van der Waals surface area contributed by atoms with E-state index in [1.54, 1.807) is 6.07 Å². The first kappa shape index (κ1) is 14.9. The Hall–Kier alpha value is -1.53. The Kier molecular flexibility index (Phi) is 4.67. The summed E-state index contributed by atoms with van der Waals surface area (Å²) in [4.78, 5) is 4.58. The Morgan fingerprint density at radius 1 is 1.40 bits per heavy atom. The van der Waals surface area contributed by atoms with E-state index in [4.69, 9.17) is 16.9 Å². The summed E-state index contributed by atoms with van der Waals surface area (Å²) in [6.45, 7) is 6.67. The van der Waals surface area contributed by atoms with Crippen molar-refractivity contribution in [3.8, 4) is 6.07 Å². The monoisotopic (exact) mass is 289 g/mol. The van der Waals surface area contributed by atoms with E-state index >= 15 is 0 Å². The molecule has 0 bridgehead atoms. The van der Waals surface area contributed by atoms with Crippen molar-refractivity contribution in [1.82, 2.24) is 9.55 Å². The Morgan fingerprint density at radius 2 is 2.15 bits per heavy atom. The molecule has 0 radical (unpaired) electrons. The van der Waals surface area contributed by atoms with Gasteiger partial charge in [0.05, 0.1) is 28.5 Å². The van der Waals surface area contributed by atoms with Gasteiger partial charge >= 0.3 is 0 Å². The van der Waals surface area contributed by atoms with Gasteiger partial charge in [0.2, 0.25) is 0 Å². The SMILES string of the molecule is CCC(C)CC(C)n1c(CCl)nc2ccc(C#N)cc21. The largest absolute Gasteiger partial charge is 0.324 e. The van der Waals surface area contributed by atoms with E-state index in [-0.39, 0.29) is 0 Å². The normalized spacial score (nSPS) is 14.2. The molecule has 0 aliphatic heterocycles. The summed E-state index contributed by atoms with van der Waals surface area (Å²) in [5, 5.41) is 9.07. The smallest absolute Gasteiger partial charge is 0.125 e. The highest BCUT2D eigenvalue weighted by Gasteiger charge is 2.17. The fourth-order valence-corrected chi connectivity index (χ4v) is 2.84. The number of halogens is 1. The predicted octanol–water partition coefficient (Wildman–Crippen LogP) is 4.64. The zero-order valence-corrected chi connectivity index (χ0v) is 13.0. The van der Waals surface area contributed by atoms with Crippen LogP contribution >= 0.6 is 11.6 Å². The fourth-order valence-electron chi connectivity index (χ4n) is 2.65. The second kappa shape index (κ2) is 6.28. The van der Waals surface area contributed by atoms with Crippen LogP contribution in [0.4, 0.5) is 0 Å². The molecule has 0 aliphatic carbocycles. The van der Waals surface area contributed by atoms with Crippen LogP contribution in [-0.4, -0.2) is 9.55 Å². The first-order valence-electron chi connectivity index (χ1n) is 7.07. The Morgan fingerprint density at radius 3 is 2.75 bits per heavy atom. The molecular weight excluding hydrogens is 270 g/mol. The minimum absolute atomic E-state index is 0.331. The van der Waals surface area contributed by atoms with Gasteiger partial charge in [0.25, 0.3) is 0 Å². The van der Waals surface area contributed by atoms with Gasteiger partial charge in [-0.3, -0.25) is 0 Å². The van der Waals surface area contributed by atoms with Crippen LogP contribution in [0.3, 0.4) is 0 Å². The van der Waals surface area contributed by atoms with E-state index in [2.05, 4.69) is 36.4 Å². The lowest BCUT2D eigenvalue weighted by Gasteiger charge is -2.20. The molecule has 2 unspecified atom stereocenters. The van der Waals surface area contributed by atoms with Gasteiger partial charge in [0.15, 0.2) is 0 Å². The molecule has 0 fully saturated rings. The summed E-state index contributed by atoms with van der Waals surface area (Å²) in [6.07, 6.45) is 2.25. The number of aromatic nitrogens is 2. The lowest BCUT2D eigenvalue weighted by molar-refractivity contribution is 0.399. The summed E-state index contributed by atoms with van der Waals surface area (Å²) in [6, 6.07) is 8.13. The third-order valence-corrected chi connectivity index (χ3v) is 4.13. The molecule has 0 N–H and O–H groups in total. The van der Waals surface area contributed by atoms with Crippen LogP contribution < -0.4 is 0 Å². The van der Waals surface area contributed by atoms with Gasteiger partial charge in [-0.05, 0) is 37.5 Å². The van der Waals surface area contributed by atoms with Crippen LogP contribution in [0.5, 0.6) is 0 Å². The molecule has 20 heavy (non-hydrogen) atoms. The van der Waals surface area contributed by atoms with Gasteiger partial charge in [-0.15, -0.1) is 11.6 Å². The maximum Gasteiger partial charge on any atom is 0.125 e. The highest BCUT2D eigenvalue weighted by atomic mass is 35.5. The van der Waals surface area contributed by atoms with Crippen molar-refractivity contribution in [2.24, 2.45) is 5.92 Å². The lowest BCUT2D eigenvalue weighted by Crippen LogP contribution is -2.11. The number of imidazole rings is 1. The Balaban J connectivity index is 2.51. The molecule has 1 heterocycles. The van der Waals surface area contributed by atoms with E-state index in [0.717, 1.165) is 29.7 Å². The van der Waals surface area contributed by atoms with Gasteiger partial charge in [-0.25, -0.2) is 4.98 Å². The quantitative estimate of drug-likeness (QED) is 0.752. The molecule has 2 atom stereocenters. The van der Waals surface area contributed by atoms with Crippen LogP contribution in [0.1, 0.15) is 51.0 Å². The third kappa shape index (κ3) is 2.81. The molecule has 0 saturated carbocycles. The van der Waals surface area contributed by atoms with Gasteiger partial charge < -0.3 is 4.57 Å². The molecule has 3 nitrogen and oxygen atoms in total. The van der Waals surface area contributed by atoms with Crippen LogP contribution in [0.25, 0.3) is 11.0 Å². The average molecular weight is 290 g/mol. The lowest BCUT2D eigenvalue weighted by atomic mass is 10.00. The molecule has 0 amide bonds. The number of nitrogens with zero attached hydrogens (tertiary/aromatic N) is 3. The summed E-state index contributed by atoms with van der Waals surface area (Å²) in [5.74, 6) is 1.93. The van der Waals surface area contributed by atoms with E-state index in [1.807, 2.05) is 12.1 Å². The summed E-state index contributed by atoms with van der Waals surface area (Å²) in [5.41, 5.74) is 2.58. The van der Waals surface area contributed by atoms with E-state index in [9.17, 15) is 0 Å². The van der Waals surface area contributed by atoms with Crippen molar-refractivity contribution in [3.05, 3.63) is 29.6 Å². The molecular formula is C16H20ClN3. The second-order valence-corrected chi connectivity index (χ2v) is 5.71. The van der Waals surface area contributed by atoms with Gasteiger partial charge in [0, 0.05) is 6.04 Å². The molecule has 0 aliphatic rings. The van der Waals surface area contributed by atoms with Gasteiger partial charge in [0.1, 0.15) is 5.82 Å². The van der Waals surface area contributed by atoms with Crippen LogP contribution in [0, 0.1) is 17.2 Å². The van der Waals surface area contributed by atoms with E-state index in [1.165, 1.54) is 0 Å². The van der Waals surface area contributed by atoms with Crippen LogP contribution in [-0.2, 0) is 5.88 Å². The third-order valence-electron chi connectivity index (χ3n) is 3.89. The molecule has 0 saturated heterocycles. The number of hydrogen-bond donors (Lipinski definition) is 0. The Labute approximate surface area is 125 Å². The Bertz CT molecular complexity index is 639. The van der Waals surface area contributed by atoms with Gasteiger partial charge in [-0.1, -0.05) is 20.3 Å². The van der Waals surface area contributed by atoms with Crippen LogP contribution in [0.2, 0.25) is 0 Å². The zero-order valence-electron chi connectivity index (χ0n) is 12.2. The minimum atomic E-state index is 0.331. The summed E-state index contributed by atoms with van der Waals surface area (Å²) < 4.78 is 2.19. The van der Waals surface area contributed by atoms with Crippen molar-refractivity contribution in [1.29, 1.82) is 5.26 Å². The molecule has 1 aromatic carbocycles. The van der Waals surface area contributed by atoms with Crippen molar-refractivity contribution in [3.63, 3.8) is 0 Å². The maximum absolute atomic E-state index is 9.07. The number of rotatable bonds is 5. The standard InChI is InChI=1S/C16H20ClN3/c1-4-11(2)7-12(3)20-15-8-13(10-18)5-6-14(15)19-16(20)9-17/h5-6,8,11-12H,4,7,9H2,1-3H3. The van der Waals surface area contributed by atoms with E-state index < -0.39 is 0 Å². The number of nitriles is 1. The number of hydrogen-bond acceptors (Lipinski definition) is 2. The maximum atomic E-state index is 9.07. The van der Waals surface area contributed by atoms with Gasteiger partial charge in [-0.2, -0.15) is 5.26 Å². The number of fused-ring (bicyclic) bond motifs is 1. The number of alkyl halides is 1. The van der Waals surface area contributed by atoms with Crippen molar-refractivity contribution >= 4 is 22.6 Å².